The highest BCUT2D eigenvalue weighted by Crippen LogP contribution is 2.36. The third-order valence-corrected chi connectivity index (χ3v) is 4.15. The second kappa shape index (κ2) is 4.32. The first-order valence-corrected chi connectivity index (χ1v) is 6.56. The Kier molecular flexibility index (Phi) is 2.78. The minimum absolute atomic E-state index is 0.632. The molecular weight excluding hydrogens is 224 g/mol. The Hall–Kier alpha value is -1.48. The van der Waals surface area contributed by atoms with Gasteiger partial charge in [-0.05, 0) is 31.5 Å². The van der Waals surface area contributed by atoms with Gasteiger partial charge in [-0.1, -0.05) is 12.1 Å². The molecule has 1 aliphatic heterocycles. The van der Waals surface area contributed by atoms with Crippen molar-refractivity contribution >= 4 is 10.9 Å². The van der Waals surface area contributed by atoms with E-state index in [-0.39, 0.29) is 0 Å². The van der Waals surface area contributed by atoms with Crippen LogP contribution >= 0.6 is 0 Å². The van der Waals surface area contributed by atoms with Crippen molar-refractivity contribution in [2.45, 2.75) is 19.3 Å². The van der Waals surface area contributed by atoms with Gasteiger partial charge in [0.2, 0.25) is 0 Å². The van der Waals surface area contributed by atoms with Crippen LogP contribution in [0.1, 0.15) is 23.6 Å². The number of hydrogen-bond acceptors (Lipinski definition) is 2. The molecule has 2 heterocycles. The normalized spacial score (nSPS) is 19.6. The van der Waals surface area contributed by atoms with Crippen LogP contribution in [0.4, 0.5) is 0 Å². The fraction of sp³-hybridized carbons (Fsp3) is 0.467. The topological polar surface area (TPSA) is 26.2 Å². The summed E-state index contributed by atoms with van der Waals surface area (Å²) >= 11 is 0. The zero-order chi connectivity index (χ0) is 12.7. The second-order valence-corrected chi connectivity index (χ2v) is 5.12. The Bertz CT molecular complexity index is 580. The lowest BCUT2D eigenvalue weighted by atomic mass is 10.0. The molecule has 1 fully saturated rings. The van der Waals surface area contributed by atoms with Gasteiger partial charge in [0, 0.05) is 30.6 Å². The van der Waals surface area contributed by atoms with Crippen LogP contribution < -0.4 is 10.1 Å². The molecule has 2 aromatic rings. The van der Waals surface area contributed by atoms with E-state index in [0.29, 0.717) is 5.92 Å². The number of ether oxygens (including phenoxy) is 1. The summed E-state index contributed by atoms with van der Waals surface area (Å²) in [4.78, 5) is 0. The third kappa shape index (κ3) is 1.54. The monoisotopic (exact) mass is 244 g/mol. The summed E-state index contributed by atoms with van der Waals surface area (Å²) in [5.41, 5.74) is 4.08. The molecule has 0 radical (unpaired) electrons. The van der Waals surface area contributed by atoms with Gasteiger partial charge < -0.3 is 14.6 Å². The van der Waals surface area contributed by atoms with E-state index in [4.69, 9.17) is 4.74 Å². The molecule has 0 spiro atoms. The van der Waals surface area contributed by atoms with E-state index in [0.717, 1.165) is 18.8 Å². The molecule has 1 aromatic heterocycles. The molecule has 1 N–H and O–H groups in total. The molecule has 0 amide bonds. The molecular formula is C15H20N2O. The number of rotatable bonds is 2. The number of nitrogens with one attached hydrogen (secondary N) is 1. The molecule has 1 saturated heterocycles. The number of fused-ring (bicyclic) bond motifs is 1. The maximum Gasteiger partial charge on any atom is 0.143 e. The molecule has 1 atom stereocenters. The smallest absolute Gasteiger partial charge is 0.143 e. The molecule has 1 aliphatic rings. The van der Waals surface area contributed by atoms with E-state index in [1.807, 2.05) is 6.07 Å². The zero-order valence-electron chi connectivity index (χ0n) is 11.3. The predicted octanol–water partition coefficient (Wildman–Crippen LogP) is 2.57. The fourth-order valence-electron chi connectivity index (χ4n) is 3.31. The number of benzene rings is 1. The van der Waals surface area contributed by atoms with E-state index in [2.05, 4.69) is 36.0 Å². The lowest BCUT2D eigenvalue weighted by Gasteiger charge is -2.12. The Morgan fingerprint density at radius 2 is 2.22 bits per heavy atom. The lowest BCUT2D eigenvalue weighted by Crippen LogP contribution is -2.11. The summed E-state index contributed by atoms with van der Waals surface area (Å²) in [6, 6.07) is 6.31. The van der Waals surface area contributed by atoms with Crippen LogP contribution in [0.2, 0.25) is 0 Å². The molecule has 0 aliphatic carbocycles. The number of nitrogens with zero attached hydrogens (tertiary/aromatic N) is 1. The molecule has 0 saturated carbocycles. The number of aryl methyl sites for hydroxylation is 2. The third-order valence-electron chi connectivity index (χ3n) is 4.15. The highest BCUT2D eigenvalue weighted by molar-refractivity contribution is 5.90. The van der Waals surface area contributed by atoms with E-state index >= 15 is 0 Å². The summed E-state index contributed by atoms with van der Waals surface area (Å²) in [5, 5.41) is 4.77. The Morgan fingerprint density at radius 1 is 1.39 bits per heavy atom. The molecule has 3 heteroatoms. The standard InChI is InChI=1S/C15H20N2O/c1-10-12-5-4-6-13(18-3)15(12)17(2)14(10)11-7-8-16-9-11/h4-6,11,16H,7-9H2,1-3H3. The van der Waals surface area contributed by atoms with Crippen molar-refractivity contribution in [2.75, 3.05) is 20.2 Å². The summed E-state index contributed by atoms with van der Waals surface area (Å²) in [5.74, 6) is 1.60. The highest BCUT2D eigenvalue weighted by atomic mass is 16.5. The molecule has 3 rings (SSSR count). The minimum Gasteiger partial charge on any atom is -0.495 e. The van der Waals surface area contributed by atoms with Crippen molar-refractivity contribution in [3.8, 4) is 5.75 Å². The van der Waals surface area contributed by atoms with Crippen molar-refractivity contribution in [2.24, 2.45) is 7.05 Å². The van der Waals surface area contributed by atoms with Crippen LogP contribution in [0.3, 0.4) is 0 Å². The second-order valence-electron chi connectivity index (χ2n) is 5.12. The molecule has 96 valence electrons. The van der Waals surface area contributed by atoms with Gasteiger partial charge in [0.1, 0.15) is 5.75 Å². The van der Waals surface area contributed by atoms with E-state index in [1.165, 1.54) is 28.6 Å². The lowest BCUT2D eigenvalue weighted by molar-refractivity contribution is 0.417. The van der Waals surface area contributed by atoms with Crippen molar-refractivity contribution in [3.63, 3.8) is 0 Å². The number of aromatic nitrogens is 1. The van der Waals surface area contributed by atoms with Crippen LogP contribution in [-0.2, 0) is 7.05 Å². The summed E-state index contributed by atoms with van der Waals surface area (Å²) in [6.45, 7) is 4.45. The first-order chi connectivity index (χ1) is 8.74. The van der Waals surface area contributed by atoms with E-state index in [9.17, 15) is 0 Å². The van der Waals surface area contributed by atoms with Gasteiger partial charge in [0.15, 0.2) is 0 Å². The molecule has 3 nitrogen and oxygen atoms in total. The minimum atomic E-state index is 0.632. The number of para-hydroxylation sites is 1. The van der Waals surface area contributed by atoms with Crippen molar-refractivity contribution in [1.29, 1.82) is 0 Å². The average molecular weight is 244 g/mol. The van der Waals surface area contributed by atoms with Crippen LogP contribution in [0.5, 0.6) is 5.75 Å². The van der Waals surface area contributed by atoms with Gasteiger partial charge in [-0.15, -0.1) is 0 Å². The van der Waals surface area contributed by atoms with Gasteiger partial charge >= 0.3 is 0 Å². The van der Waals surface area contributed by atoms with Crippen molar-refractivity contribution in [1.82, 2.24) is 9.88 Å². The Morgan fingerprint density at radius 3 is 2.89 bits per heavy atom. The molecule has 1 unspecified atom stereocenters. The Labute approximate surface area is 108 Å². The maximum atomic E-state index is 5.50. The van der Waals surface area contributed by atoms with E-state index < -0.39 is 0 Å². The number of methoxy groups -OCH3 is 1. The summed E-state index contributed by atoms with van der Waals surface area (Å²) in [7, 11) is 3.90. The van der Waals surface area contributed by atoms with Gasteiger partial charge in [0.05, 0.1) is 12.6 Å². The van der Waals surface area contributed by atoms with Crippen LogP contribution in [0.15, 0.2) is 18.2 Å². The predicted molar refractivity (Wildman–Crippen MR) is 74.4 cm³/mol. The summed E-state index contributed by atoms with van der Waals surface area (Å²) < 4.78 is 7.82. The molecule has 0 bridgehead atoms. The molecule has 1 aromatic carbocycles. The van der Waals surface area contributed by atoms with Crippen LogP contribution in [0.25, 0.3) is 10.9 Å². The average Bonchev–Trinajstić information content (AvgIpc) is 2.98. The van der Waals surface area contributed by atoms with E-state index in [1.54, 1.807) is 7.11 Å². The van der Waals surface area contributed by atoms with Gasteiger partial charge in [-0.25, -0.2) is 0 Å². The first kappa shape index (κ1) is 11.6. The SMILES string of the molecule is COc1cccc2c(C)c(C3CCNC3)n(C)c12. The van der Waals surface area contributed by atoms with Gasteiger partial charge in [-0.3, -0.25) is 0 Å². The van der Waals surface area contributed by atoms with Crippen molar-refractivity contribution in [3.05, 3.63) is 29.5 Å². The summed E-state index contributed by atoms with van der Waals surface area (Å²) in [6.07, 6.45) is 1.23. The first-order valence-electron chi connectivity index (χ1n) is 6.56. The zero-order valence-corrected chi connectivity index (χ0v) is 11.3. The van der Waals surface area contributed by atoms with Crippen LogP contribution in [-0.4, -0.2) is 24.8 Å². The largest absolute Gasteiger partial charge is 0.495 e. The highest BCUT2D eigenvalue weighted by Gasteiger charge is 2.24. The van der Waals surface area contributed by atoms with Gasteiger partial charge in [0.25, 0.3) is 0 Å². The Balaban J connectivity index is 2.26. The fourth-order valence-corrected chi connectivity index (χ4v) is 3.31. The molecule has 18 heavy (non-hydrogen) atoms. The maximum absolute atomic E-state index is 5.50. The van der Waals surface area contributed by atoms with Crippen LogP contribution in [0, 0.1) is 6.92 Å². The van der Waals surface area contributed by atoms with Gasteiger partial charge in [-0.2, -0.15) is 0 Å². The quantitative estimate of drug-likeness (QED) is 0.878. The van der Waals surface area contributed by atoms with Crippen molar-refractivity contribution < 1.29 is 4.74 Å². The number of hydrogen-bond donors (Lipinski definition) is 1.